The standard InChI is InChI=1S/C41H27N3O/c1-26-13-5-6-18-30(26)33-21-12-22-34-37-38(27-14-3-2-4-15-27)42-40(43-41(37)45-39(33)34)28-16-11-17-29(25-28)44-35-23-9-7-19-31(35)32-20-8-10-24-36(32)44/h2-25H,1H3. The number of furan rings is 1. The van der Waals surface area contributed by atoms with Gasteiger partial charge in [-0.15, -0.1) is 0 Å². The van der Waals surface area contributed by atoms with Gasteiger partial charge in [0.25, 0.3) is 0 Å². The molecule has 0 fully saturated rings. The van der Waals surface area contributed by atoms with Gasteiger partial charge in [0.1, 0.15) is 5.58 Å². The van der Waals surface area contributed by atoms with E-state index in [2.05, 4.69) is 139 Å². The molecule has 0 spiro atoms. The first-order chi connectivity index (χ1) is 22.2. The van der Waals surface area contributed by atoms with Gasteiger partial charge in [-0.1, -0.05) is 121 Å². The minimum Gasteiger partial charge on any atom is -0.437 e. The van der Waals surface area contributed by atoms with E-state index in [9.17, 15) is 0 Å². The zero-order chi connectivity index (χ0) is 29.9. The van der Waals surface area contributed by atoms with Crippen LogP contribution in [-0.2, 0) is 0 Å². The molecule has 45 heavy (non-hydrogen) atoms. The lowest BCUT2D eigenvalue weighted by atomic mass is 9.98. The second-order valence-corrected chi connectivity index (χ2v) is 11.5. The molecule has 0 atom stereocenters. The molecule has 3 heterocycles. The van der Waals surface area contributed by atoms with E-state index >= 15 is 0 Å². The Morgan fingerprint density at radius 2 is 1.16 bits per heavy atom. The average Bonchev–Trinajstić information content (AvgIpc) is 3.65. The molecule has 4 heteroatoms. The fourth-order valence-corrected chi connectivity index (χ4v) is 6.70. The van der Waals surface area contributed by atoms with Crippen molar-refractivity contribution in [3.05, 3.63) is 151 Å². The summed E-state index contributed by atoms with van der Waals surface area (Å²) in [6, 6.07) is 50.7. The lowest BCUT2D eigenvalue weighted by molar-refractivity contribution is 0.654. The van der Waals surface area contributed by atoms with Gasteiger partial charge in [0.2, 0.25) is 5.71 Å². The van der Waals surface area contributed by atoms with E-state index in [4.69, 9.17) is 14.4 Å². The number of benzene rings is 6. The topological polar surface area (TPSA) is 43.9 Å². The molecular formula is C41H27N3O. The summed E-state index contributed by atoms with van der Waals surface area (Å²) in [6.45, 7) is 2.13. The van der Waals surface area contributed by atoms with Gasteiger partial charge in [0, 0.05) is 38.5 Å². The van der Waals surface area contributed by atoms with E-state index in [-0.39, 0.29) is 0 Å². The lowest BCUT2D eigenvalue weighted by Gasteiger charge is -2.11. The Labute approximate surface area is 259 Å². The number of aryl methyl sites for hydroxylation is 1. The Balaban J connectivity index is 1.30. The number of aromatic nitrogens is 3. The first kappa shape index (κ1) is 25.5. The Hall–Kier alpha value is -6.00. The van der Waals surface area contributed by atoms with Crippen LogP contribution < -0.4 is 0 Å². The zero-order valence-corrected chi connectivity index (χ0v) is 24.6. The van der Waals surface area contributed by atoms with Crippen LogP contribution in [0.25, 0.3) is 83.3 Å². The number of hydrogen-bond acceptors (Lipinski definition) is 3. The quantitative estimate of drug-likeness (QED) is 0.209. The van der Waals surface area contributed by atoms with Crippen LogP contribution in [0, 0.1) is 6.92 Å². The van der Waals surface area contributed by atoms with Crippen molar-refractivity contribution in [2.24, 2.45) is 0 Å². The van der Waals surface area contributed by atoms with Gasteiger partial charge in [-0.25, -0.2) is 4.98 Å². The van der Waals surface area contributed by atoms with Crippen LogP contribution in [-0.4, -0.2) is 14.5 Å². The summed E-state index contributed by atoms with van der Waals surface area (Å²) < 4.78 is 9.00. The molecular weight excluding hydrogens is 550 g/mol. The summed E-state index contributed by atoms with van der Waals surface area (Å²) in [6.07, 6.45) is 0. The van der Waals surface area contributed by atoms with Crippen LogP contribution in [0.4, 0.5) is 0 Å². The van der Waals surface area contributed by atoms with Gasteiger partial charge in [-0.2, -0.15) is 4.98 Å². The van der Waals surface area contributed by atoms with E-state index in [0.717, 1.165) is 50.0 Å². The predicted octanol–water partition coefficient (Wildman–Crippen LogP) is 10.8. The predicted molar refractivity (Wildman–Crippen MR) is 185 cm³/mol. The third kappa shape index (κ3) is 4.00. The van der Waals surface area contributed by atoms with Crippen LogP contribution in [0.1, 0.15) is 5.56 Å². The van der Waals surface area contributed by atoms with E-state index in [1.807, 2.05) is 18.2 Å². The maximum Gasteiger partial charge on any atom is 0.231 e. The van der Waals surface area contributed by atoms with Crippen molar-refractivity contribution in [1.82, 2.24) is 14.5 Å². The van der Waals surface area contributed by atoms with E-state index in [1.54, 1.807) is 0 Å². The van der Waals surface area contributed by atoms with E-state index in [1.165, 1.54) is 27.4 Å². The monoisotopic (exact) mass is 577 g/mol. The highest BCUT2D eigenvalue weighted by atomic mass is 16.3. The smallest absolute Gasteiger partial charge is 0.231 e. The van der Waals surface area contributed by atoms with Gasteiger partial charge in [0.15, 0.2) is 5.82 Å². The minimum atomic E-state index is 0.581. The highest BCUT2D eigenvalue weighted by molar-refractivity contribution is 6.14. The summed E-state index contributed by atoms with van der Waals surface area (Å²) in [4.78, 5) is 10.3. The summed E-state index contributed by atoms with van der Waals surface area (Å²) >= 11 is 0. The fraction of sp³-hybridized carbons (Fsp3) is 0.0244. The van der Waals surface area contributed by atoms with Crippen molar-refractivity contribution in [3.8, 4) is 39.5 Å². The second kappa shape index (κ2) is 10.0. The number of fused-ring (bicyclic) bond motifs is 6. The number of hydrogen-bond donors (Lipinski definition) is 0. The molecule has 0 aliphatic rings. The molecule has 212 valence electrons. The third-order valence-corrected chi connectivity index (χ3v) is 8.78. The molecule has 9 rings (SSSR count). The van der Waals surface area contributed by atoms with Crippen LogP contribution >= 0.6 is 0 Å². The maximum atomic E-state index is 6.68. The van der Waals surface area contributed by atoms with E-state index in [0.29, 0.717) is 11.5 Å². The Morgan fingerprint density at radius 1 is 0.533 bits per heavy atom. The molecule has 3 aromatic heterocycles. The molecule has 6 aromatic carbocycles. The van der Waals surface area contributed by atoms with Gasteiger partial charge in [0.05, 0.1) is 22.1 Å². The molecule has 9 aromatic rings. The molecule has 0 radical (unpaired) electrons. The molecule has 0 unspecified atom stereocenters. The zero-order valence-electron chi connectivity index (χ0n) is 24.6. The highest BCUT2D eigenvalue weighted by Gasteiger charge is 2.21. The van der Waals surface area contributed by atoms with Crippen LogP contribution in [0.5, 0.6) is 0 Å². The Bertz CT molecular complexity index is 2500. The van der Waals surface area contributed by atoms with Crippen molar-refractivity contribution in [2.75, 3.05) is 0 Å². The average molecular weight is 578 g/mol. The molecule has 0 bridgehead atoms. The molecule has 0 saturated carbocycles. The maximum absolute atomic E-state index is 6.68. The molecule has 4 nitrogen and oxygen atoms in total. The molecule has 0 N–H and O–H groups in total. The highest BCUT2D eigenvalue weighted by Crippen LogP contribution is 2.41. The fourth-order valence-electron chi connectivity index (χ4n) is 6.70. The first-order valence-electron chi connectivity index (χ1n) is 15.2. The largest absolute Gasteiger partial charge is 0.437 e. The Morgan fingerprint density at radius 3 is 1.93 bits per heavy atom. The van der Waals surface area contributed by atoms with Gasteiger partial charge < -0.3 is 8.98 Å². The minimum absolute atomic E-state index is 0.581. The SMILES string of the molecule is Cc1ccccc1-c1cccc2c1oc1nc(-c3cccc(-n4c5ccccc5c5ccccc54)c3)nc(-c3ccccc3)c12. The number of rotatable bonds is 4. The van der Waals surface area contributed by atoms with E-state index < -0.39 is 0 Å². The second-order valence-electron chi connectivity index (χ2n) is 11.5. The van der Waals surface area contributed by atoms with Gasteiger partial charge in [-0.3, -0.25) is 0 Å². The van der Waals surface area contributed by atoms with Crippen LogP contribution in [0.3, 0.4) is 0 Å². The first-order valence-corrected chi connectivity index (χ1v) is 15.2. The van der Waals surface area contributed by atoms with Gasteiger partial charge >= 0.3 is 0 Å². The summed E-state index contributed by atoms with van der Waals surface area (Å²) in [5.74, 6) is 0.625. The van der Waals surface area contributed by atoms with Gasteiger partial charge in [-0.05, 0) is 42.3 Å². The normalized spacial score (nSPS) is 11.7. The summed E-state index contributed by atoms with van der Waals surface area (Å²) in [5, 5.41) is 4.40. The summed E-state index contributed by atoms with van der Waals surface area (Å²) in [5.41, 5.74) is 11.0. The summed E-state index contributed by atoms with van der Waals surface area (Å²) in [7, 11) is 0. The van der Waals surface area contributed by atoms with Crippen molar-refractivity contribution in [2.45, 2.75) is 6.92 Å². The molecule has 0 aliphatic carbocycles. The number of para-hydroxylation sites is 3. The van der Waals surface area contributed by atoms with Crippen LogP contribution in [0.15, 0.2) is 150 Å². The molecule has 0 aliphatic heterocycles. The lowest BCUT2D eigenvalue weighted by Crippen LogP contribution is -1.97. The third-order valence-electron chi connectivity index (χ3n) is 8.78. The van der Waals surface area contributed by atoms with Crippen molar-refractivity contribution in [1.29, 1.82) is 0 Å². The van der Waals surface area contributed by atoms with Crippen molar-refractivity contribution >= 4 is 43.9 Å². The van der Waals surface area contributed by atoms with Crippen molar-refractivity contribution in [3.63, 3.8) is 0 Å². The number of nitrogens with zero attached hydrogens (tertiary/aromatic N) is 3. The van der Waals surface area contributed by atoms with Crippen LogP contribution in [0.2, 0.25) is 0 Å². The Kier molecular flexibility index (Phi) is 5.69. The molecule has 0 saturated heterocycles. The molecule has 0 amide bonds. The van der Waals surface area contributed by atoms with Crippen molar-refractivity contribution < 1.29 is 4.42 Å².